The molecular weight excluding hydrogens is 437 g/mol. The normalized spacial score (nSPS) is 15.7. The minimum absolute atomic E-state index is 0.0828. The number of hydrogen-bond acceptors (Lipinski definition) is 5. The number of nitrogens with zero attached hydrogens (tertiary/aromatic N) is 3. The summed E-state index contributed by atoms with van der Waals surface area (Å²) in [6.45, 7) is -1.14. The summed E-state index contributed by atoms with van der Waals surface area (Å²) in [7, 11) is 0. The van der Waals surface area contributed by atoms with Gasteiger partial charge in [0, 0.05) is 36.5 Å². The molecule has 11 heteroatoms. The van der Waals surface area contributed by atoms with Crippen molar-refractivity contribution in [1.82, 2.24) is 14.9 Å². The highest BCUT2D eigenvalue weighted by atomic mass is 35.5. The van der Waals surface area contributed by atoms with Crippen LogP contribution < -0.4 is 10.1 Å². The van der Waals surface area contributed by atoms with E-state index < -0.39 is 12.8 Å². The second kappa shape index (κ2) is 8.33. The Morgan fingerprint density at radius 1 is 1.32 bits per heavy atom. The van der Waals surface area contributed by atoms with E-state index in [9.17, 15) is 22.8 Å². The molecule has 1 fully saturated rings. The van der Waals surface area contributed by atoms with E-state index in [0.29, 0.717) is 34.8 Å². The number of amides is 2. The van der Waals surface area contributed by atoms with E-state index in [-0.39, 0.29) is 35.8 Å². The minimum atomic E-state index is -4.50. The molecule has 31 heavy (non-hydrogen) atoms. The monoisotopic (exact) mass is 454 g/mol. The molecule has 1 aliphatic carbocycles. The summed E-state index contributed by atoms with van der Waals surface area (Å²) in [5, 5.41) is 2.71. The third kappa shape index (κ3) is 5.25. The van der Waals surface area contributed by atoms with Gasteiger partial charge in [-0.05, 0) is 36.5 Å². The molecular formula is C20H18ClF3N4O3. The number of anilines is 1. The summed E-state index contributed by atoms with van der Waals surface area (Å²) in [5.74, 6) is 0.0910. The fourth-order valence-corrected chi connectivity index (χ4v) is 3.56. The lowest BCUT2D eigenvalue weighted by Crippen LogP contribution is -2.23. The van der Waals surface area contributed by atoms with Crippen molar-refractivity contribution >= 4 is 29.2 Å². The van der Waals surface area contributed by atoms with E-state index in [1.807, 2.05) is 0 Å². The van der Waals surface area contributed by atoms with Crippen LogP contribution in [-0.4, -0.2) is 39.5 Å². The zero-order valence-corrected chi connectivity index (χ0v) is 17.0. The maximum Gasteiger partial charge on any atom is 0.422 e. The van der Waals surface area contributed by atoms with Crippen LogP contribution in [0.25, 0.3) is 0 Å². The van der Waals surface area contributed by atoms with E-state index in [1.54, 1.807) is 6.07 Å². The molecule has 1 saturated carbocycles. The maximum atomic E-state index is 12.8. The topological polar surface area (TPSA) is 84.4 Å². The molecule has 0 bridgehead atoms. The number of carbonyl (C=O) groups excluding carboxylic acids is 2. The predicted octanol–water partition coefficient (Wildman–Crippen LogP) is 3.97. The van der Waals surface area contributed by atoms with Crippen molar-refractivity contribution in [2.45, 2.75) is 38.5 Å². The second-order valence-corrected chi connectivity index (χ2v) is 7.98. The number of carbonyl (C=O) groups is 2. The van der Waals surface area contributed by atoms with Crippen LogP contribution in [-0.2, 0) is 17.9 Å². The highest BCUT2D eigenvalue weighted by Gasteiger charge is 2.32. The standard InChI is InChI=1S/C20H18ClF3N4O3/c21-15-5-12(7-26-18(15)31-10-20(22,23)24)8-28-9-14-13(19(28)30)3-4-25-17(14)27-16(29)6-11-1-2-11/h3-5,7,11H,1-2,6,8-10H2,(H,25,27,29). The van der Waals surface area contributed by atoms with Gasteiger partial charge < -0.3 is 15.0 Å². The Bertz CT molecular complexity index is 1030. The molecule has 1 aliphatic heterocycles. The first-order valence-corrected chi connectivity index (χ1v) is 9.98. The maximum absolute atomic E-state index is 12.8. The highest BCUT2D eigenvalue weighted by molar-refractivity contribution is 6.31. The SMILES string of the molecule is O=C(CC1CC1)Nc1nccc2c1CN(Cc1cnc(OCC(F)(F)F)c(Cl)c1)C2=O. The van der Waals surface area contributed by atoms with Crippen molar-refractivity contribution in [1.29, 1.82) is 0 Å². The van der Waals surface area contributed by atoms with Gasteiger partial charge in [0.05, 0.1) is 6.54 Å². The average molecular weight is 455 g/mol. The summed E-state index contributed by atoms with van der Waals surface area (Å²) in [6, 6.07) is 3.00. The molecule has 0 atom stereocenters. The summed E-state index contributed by atoms with van der Waals surface area (Å²) in [5.41, 5.74) is 1.60. The Hall–Kier alpha value is -2.88. The molecule has 2 aromatic rings. The zero-order chi connectivity index (χ0) is 22.2. The largest absolute Gasteiger partial charge is 0.467 e. The van der Waals surface area contributed by atoms with Crippen LogP contribution >= 0.6 is 11.6 Å². The van der Waals surface area contributed by atoms with Crippen LogP contribution in [0.1, 0.15) is 40.7 Å². The van der Waals surface area contributed by atoms with Gasteiger partial charge in [-0.2, -0.15) is 13.2 Å². The number of alkyl halides is 3. The molecule has 7 nitrogen and oxygen atoms in total. The molecule has 3 heterocycles. The van der Waals surface area contributed by atoms with Crippen molar-refractivity contribution in [3.63, 3.8) is 0 Å². The van der Waals surface area contributed by atoms with Crippen molar-refractivity contribution in [3.05, 3.63) is 46.2 Å². The van der Waals surface area contributed by atoms with Crippen molar-refractivity contribution in [3.8, 4) is 5.88 Å². The van der Waals surface area contributed by atoms with Crippen LogP contribution in [0.5, 0.6) is 5.88 Å². The first-order valence-electron chi connectivity index (χ1n) is 9.60. The van der Waals surface area contributed by atoms with Gasteiger partial charge in [-0.1, -0.05) is 11.6 Å². The smallest absolute Gasteiger partial charge is 0.422 e. The zero-order valence-electron chi connectivity index (χ0n) is 16.2. The Morgan fingerprint density at radius 2 is 2.10 bits per heavy atom. The van der Waals surface area contributed by atoms with Crippen LogP contribution in [0.2, 0.25) is 5.02 Å². The lowest BCUT2D eigenvalue weighted by molar-refractivity contribution is -0.154. The molecule has 0 aromatic carbocycles. The van der Waals surface area contributed by atoms with Gasteiger partial charge in [0.1, 0.15) is 10.8 Å². The number of ether oxygens (including phenoxy) is 1. The molecule has 0 radical (unpaired) electrons. The first kappa shape index (κ1) is 21.4. The van der Waals surface area contributed by atoms with Gasteiger partial charge >= 0.3 is 6.18 Å². The number of fused-ring (bicyclic) bond motifs is 1. The molecule has 164 valence electrons. The third-order valence-electron chi connectivity index (χ3n) is 4.96. The van der Waals surface area contributed by atoms with E-state index >= 15 is 0 Å². The fourth-order valence-electron chi connectivity index (χ4n) is 3.32. The number of halogens is 4. The molecule has 0 unspecified atom stereocenters. The summed E-state index contributed by atoms with van der Waals surface area (Å²) in [4.78, 5) is 34.5. The van der Waals surface area contributed by atoms with Gasteiger partial charge in [-0.25, -0.2) is 9.97 Å². The lowest BCUT2D eigenvalue weighted by Gasteiger charge is -2.16. The van der Waals surface area contributed by atoms with Gasteiger partial charge in [0.25, 0.3) is 5.91 Å². The van der Waals surface area contributed by atoms with Crippen LogP contribution in [0.4, 0.5) is 19.0 Å². The van der Waals surface area contributed by atoms with Crippen molar-refractivity contribution < 1.29 is 27.5 Å². The van der Waals surface area contributed by atoms with E-state index in [4.69, 9.17) is 11.6 Å². The molecule has 2 aromatic heterocycles. The Balaban J connectivity index is 1.43. The van der Waals surface area contributed by atoms with Crippen molar-refractivity contribution in [2.24, 2.45) is 5.92 Å². The Kier molecular flexibility index (Phi) is 5.74. The highest BCUT2D eigenvalue weighted by Crippen LogP contribution is 2.34. The van der Waals surface area contributed by atoms with Gasteiger partial charge in [0.15, 0.2) is 6.61 Å². The number of pyridine rings is 2. The summed E-state index contributed by atoms with van der Waals surface area (Å²) < 4.78 is 41.5. The van der Waals surface area contributed by atoms with E-state index in [2.05, 4.69) is 20.0 Å². The quantitative estimate of drug-likeness (QED) is 0.684. The number of rotatable bonds is 7. The Morgan fingerprint density at radius 3 is 2.77 bits per heavy atom. The van der Waals surface area contributed by atoms with Crippen LogP contribution in [0.3, 0.4) is 0 Å². The van der Waals surface area contributed by atoms with E-state index in [0.717, 1.165) is 12.8 Å². The average Bonchev–Trinajstić information content (AvgIpc) is 3.44. The minimum Gasteiger partial charge on any atom is -0.467 e. The predicted molar refractivity (Wildman–Crippen MR) is 105 cm³/mol. The van der Waals surface area contributed by atoms with Gasteiger partial charge in [0.2, 0.25) is 11.8 Å². The second-order valence-electron chi connectivity index (χ2n) is 7.58. The molecule has 1 N–H and O–H groups in total. The van der Waals surface area contributed by atoms with E-state index in [1.165, 1.54) is 23.4 Å². The van der Waals surface area contributed by atoms with Crippen LogP contribution in [0, 0.1) is 5.92 Å². The fraction of sp³-hybridized carbons (Fsp3) is 0.400. The Labute approximate surface area is 180 Å². The number of hydrogen-bond donors (Lipinski definition) is 1. The van der Waals surface area contributed by atoms with Crippen LogP contribution in [0.15, 0.2) is 24.5 Å². The molecule has 2 aliphatic rings. The molecule has 0 saturated heterocycles. The number of nitrogens with one attached hydrogen (secondary N) is 1. The lowest BCUT2D eigenvalue weighted by atomic mass is 10.1. The third-order valence-corrected chi connectivity index (χ3v) is 5.23. The van der Waals surface area contributed by atoms with Crippen molar-refractivity contribution in [2.75, 3.05) is 11.9 Å². The molecule has 0 spiro atoms. The summed E-state index contributed by atoms with van der Waals surface area (Å²) >= 11 is 5.98. The first-order chi connectivity index (χ1) is 14.7. The summed E-state index contributed by atoms with van der Waals surface area (Å²) in [6.07, 6.45) is 0.822. The van der Waals surface area contributed by atoms with Gasteiger partial charge in [-0.3, -0.25) is 9.59 Å². The van der Waals surface area contributed by atoms with Gasteiger partial charge in [-0.15, -0.1) is 0 Å². The molecule has 2 amide bonds. The molecule has 4 rings (SSSR count). The number of aromatic nitrogens is 2.